The summed E-state index contributed by atoms with van der Waals surface area (Å²) in [6.45, 7) is 0.645. The van der Waals surface area contributed by atoms with Crippen molar-refractivity contribution in [3.05, 3.63) is 65.0 Å². The van der Waals surface area contributed by atoms with Crippen LogP contribution in [0.25, 0.3) is 16.9 Å². The van der Waals surface area contributed by atoms with E-state index in [2.05, 4.69) is 20.6 Å². The summed E-state index contributed by atoms with van der Waals surface area (Å²) in [5, 5.41) is 10.5. The van der Waals surface area contributed by atoms with E-state index in [4.69, 9.17) is 9.47 Å². The highest BCUT2D eigenvalue weighted by Gasteiger charge is 2.16. The Kier molecular flexibility index (Phi) is 4.54. The van der Waals surface area contributed by atoms with Crippen molar-refractivity contribution in [1.82, 2.24) is 24.5 Å². The van der Waals surface area contributed by atoms with Gasteiger partial charge in [0.1, 0.15) is 31.9 Å². The van der Waals surface area contributed by atoms with E-state index in [0.29, 0.717) is 36.1 Å². The molecule has 1 aliphatic heterocycles. The second-order valence-electron chi connectivity index (χ2n) is 6.73. The first-order valence-corrected chi connectivity index (χ1v) is 9.35. The van der Waals surface area contributed by atoms with Crippen LogP contribution in [-0.4, -0.2) is 43.7 Å². The summed E-state index contributed by atoms with van der Waals surface area (Å²) in [6.07, 6.45) is 1.25. The van der Waals surface area contributed by atoms with Crippen LogP contribution in [0.15, 0.2) is 53.6 Å². The van der Waals surface area contributed by atoms with E-state index in [1.54, 1.807) is 18.2 Å². The van der Waals surface area contributed by atoms with E-state index in [9.17, 15) is 14.0 Å². The standard InChI is InChI=1S/C20H15FN6O4/c21-12-1-4-14(5-2-12)27-19-18(24-25-27)20(29)26(11-22-19)10-17(28)23-13-3-6-15-16(9-13)31-8-7-30-15/h1-6,9,11H,7-8,10H2,(H,23,28). The normalized spacial score (nSPS) is 12.7. The maximum atomic E-state index is 13.2. The summed E-state index contributed by atoms with van der Waals surface area (Å²) in [4.78, 5) is 29.4. The van der Waals surface area contributed by atoms with Crippen molar-refractivity contribution >= 4 is 22.8 Å². The van der Waals surface area contributed by atoms with Gasteiger partial charge in [-0.05, 0) is 36.4 Å². The van der Waals surface area contributed by atoms with Crippen molar-refractivity contribution in [3.8, 4) is 17.2 Å². The Morgan fingerprint density at radius 1 is 1.10 bits per heavy atom. The zero-order valence-electron chi connectivity index (χ0n) is 16.0. The van der Waals surface area contributed by atoms with Crippen molar-refractivity contribution in [3.63, 3.8) is 0 Å². The van der Waals surface area contributed by atoms with Crippen molar-refractivity contribution in [2.24, 2.45) is 0 Å². The molecule has 11 heteroatoms. The molecule has 4 aromatic rings. The molecule has 2 aromatic heterocycles. The molecule has 1 amide bonds. The van der Waals surface area contributed by atoms with E-state index in [1.165, 1.54) is 35.3 Å². The van der Waals surface area contributed by atoms with Gasteiger partial charge < -0.3 is 14.8 Å². The van der Waals surface area contributed by atoms with Crippen LogP contribution < -0.4 is 20.3 Å². The average molecular weight is 422 g/mol. The Hall–Kier alpha value is -4.28. The summed E-state index contributed by atoms with van der Waals surface area (Å²) in [5.41, 5.74) is 0.707. The van der Waals surface area contributed by atoms with Crippen molar-refractivity contribution in [2.45, 2.75) is 6.54 Å². The number of ether oxygens (including phenoxy) is 2. The van der Waals surface area contributed by atoms with E-state index in [-0.39, 0.29) is 17.7 Å². The van der Waals surface area contributed by atoms with Gasteiger partial charge >= 0.3 is 0 Å². The first-order chi connectivity index (χ1) is 15.1. The lowest BCUT2D eigenvalue weighted by Crippen LogP contribution is -2.28. The van der Waals surface area contributed by atoms with Crippen LogP contribution in [-0.2, 0) is 11.3 Å². The third kappa shape index (κ3) is 3.56. The SMILES string of the molecule is O=C(Cn1cnc2c(nnn2-c2ccc(F)cc2)c1=O)Nc1ccc2c(c1)OCCO2. The molecule has 10 nitrogen and oxygen atoms in total. The summed E-state index contributed by atoms with van der Waals surface area (Å²) < 4.78 is 26.6. The van der Waals surface area contributed by atoms with Gasteiger partial charge in [0, 0.05) is 11.8 Å². The molecule has 1 N–H and O–H groups in total. The number of halogens is 1. The first-order valence-electron chi connectivity index (χ1n) is 9.35. The molecule has 5 rings (SSSR count). The largest absolute Gasteiger partial charge is 0.486 e. The Bertz CT molecular complexity index is 1350. The Morgan fingerprint density at radius 3 is 2.68 bits per heavy atom. The lowest BCUT2D eigenvalue weighted by molar-refractivity contribution is -0.116. The highest BCUT2D eigenvalue weighted by molar-refractivity contribution is 5.91. The maximum Gasteiger partial charge on any atom is 0.284 e. The molecule has 0 atom stereocenters. The fraction of sp³-hybridized carbons (Fsp3) is 0.150. The molecular weight excluding hydrogens is 407 g/mol. The van der Waals surface area contributed by atoms with Crippen LogP contribution in [0, 0.1) is 5.82 Å². The molecule has 0 bridgehead atoms. The van der Waals surface area contributed by atoms with Gasteiger partial charge in [-0.2, -0.15) is 4.68 Å². The van der Waals surface area contributed by atoms with Gasteiger partial charge in [-0.3, -0.25) is 14.2 Å². The predicted octanol–water partition coefficient (Wildman–Crippen LogP) is 1.53. The summed E-state index contributed by atoms with van der Waals surface area (Å²) >= 11 is 0. The monoisotopic (exact) mass is 422 g/mol. The van der Waals surface area contributed by atoms with Gasteiger partial charge in [-0.25, -0.2) is 9.37 Å². The summed E-state index contributed by atoms with van der Waals surface area (Å²) in [5.74, 6) is 0.333. The van der Waals surface area contributed by atoms with Crippen molar-refractivity contribution in [2.75, 3.05) is 18.5 Å². The average Bonchev–Trinajstić information content (AvgIpc) is 3.21. The van der Waals surface area contributed by atoms with Gasteiger partial charge in [0.25, 0.3) is 5.56 Å². The highest BCUT2D eigenvalue weighted by atomic mass is 19.1. The van der Waals surface area contributed by atoms with Gasteiger partial charge in [0.05, 0.1) is 5.69 Å². The third-order valence-corrected chi connectivity index (χ3v) is 4.64. The molecule has 0 saturated carbocycles. The van der Waals surface area contributed by atoms with E-state index in [1.807, 2.05) is 0 Å². The molecule has 0 fully saturated rings. The lowest BCUT2D eigenvalue weighted by Gasteiger charge is -2.19. The third-order valence-electron chi connectivity index (χ3n) is 4.64. The van der Waals surface area contributed by atoms with Crippen LogP contribution in [0.2, 0.25) is 0 Å². The van der Waals surface area contributed by atoms with Gasteiger partial charge in [-0.15, -0.1) is 5.10 Å². The van der Waals surface area contributed by atoms with Crippen LogP contribution in [0.3, 0.4) is 0 Å². The van der Waals surface area contributed by atoms with Crippen LogP contribution in [0.1, 0.15) is 0 Å². The number of benzene rings is 2. The fourth-order valence-electron chi connectivity index (χ4n) is 3.19. The van der Waals surface area contributed by atoms with Crippen LogP contribution >= 0.6 is 0 Å². The summed E-state index contributed by atoms with van der Waals surface area (Å²) in [6, 6.07) is 10.6. The number of hydrogen-bond donors (Lipinski definition) is 1. The quantitative estimate of drug-likeness (QED) is 0.531. The number of carbonyl (C=O) groups excluding carboxylic acids is 1. The smallest absolute Gasteiger partial charge is 0.284 e. The Balaban J connectivity index is 1.37. The molecule has 0 unspecified atom stereocenters. The minimum Gasteiger partial charge on any atom is -0.486 e. The minimum absolute atomic E-state index is 0.000968. The number of carbonyl (C=O) groups is 1. The van der Waals surface area contributed by atoms with Gasteiger partial charge in [-0.1, -0.05) is 5.21 Å². The van der Waals surface area contributed by atoms with Crippen molar-refractivity contribution in [1.29, 1.82) is 0 Å². The zero-order valence-corrected chi connectivity index (χ0v) is 16.0. The number of aromatic nitrogens is 5. The topological polar surface area (TPSA) is 113 Å². The van der Waals surface area contributed by atoms with Gasteiger partial charge in [0.2, 0.25) is 5.91 Å². The molecular formula is C20H15FN6O4. The molecule has 0 spiro atoms. The number of nitrogens with one attached hydrogen (secondary N) is 1. The number of anilines is 1. The summed E-state index contributed by atoms with van der Waals surface area (Å²) in [7, 11) is 0. The zero-order chi connectivity index (χ0) is 21.4. The van der Waals surface area contributed by atoms with Gasteiger partial charge in [0.15, 0.2) is 22.7 Å². The Morgan fingerprint density at radius 2 is 1.87 bits per heavy atom. The highest BCUT2D eigenvalue weighted by Crippen LogP contribution is 2.32. The molecule has 156 valence electrons. The molecule has 0 saturated heterocycles. The number of hydrogen-bond acceptors (Lipinski definition) is 7. The van der Waals surface area contributed by atoms with E-state index < -0.39 is 17.3 Å². The van der Waals surface area contributed by atoms with E-state index >= 15 is 0 Å². The number of amides is 1. The second-order valence-corrected chi connectivity index (χ2v) is 6.73. The molecule has 0 radical (unpaired) electrons. The fourth-order valence-corrected chi connectivity index (χ4v) is 3.19. The lowest BCUT2D eigenvalue weighted by atomic mass is 10.2. The number of nitrogens with zero attached hydrogens (tertiary/aromatic N) is 5. The molecule has 0 aliphatic carbocycles. The molecule has 3 heterocycles. The molecule has 31 heavy (non-hydrogen) atoms. The molecule has 1 aliphatic rings. The van der Waals surface area contributed by atoms with Crippen LogP contribution in [0.4, 0.5) is 10.1 Å². The Labute approximate surface area is 173 Å². The predicted molar refractivity (Wildman–Crippen MR) is 107 cm³/mol. The maximum absolute atomic E-state index is 13.2. The number of fused-ring (bicyclic) bond motifs is 2. The van der Waals surface area contributed by atoms with E-state index in [0.717, 1.165) is 4.57 Å². The first kappa shape index (κ1) is 18.7. The second kappa shape index (κ2) is 7.52. The minimum atomic E-state index is -0.518. The molecule has 2 aromatic carbocycles. The van der Waals surface area contributed by atoms with Crippen LogP contribution in [0.5, 0.6) is 11.5 Å². The number of rotatable bonds is 4. The van der Waals surface area contributed by atoms with Crippen molar-refractivity contribution < 1.29 is 18.7 Å².